The van der Waals surface area contributed by atoms with Crippen molar-refractivity contribution in [3.63, 3.8) is 0 Å². The van der Waals surface area contributed by atoms with Gasteiger partial charge in [0.2, 0.25) is 15.9 Å². The van der Waals surface area contributed by atoms with Crippen molar-refractivity contribution < 1.29 is 22.0 Å². The Bertz CT molecular complexity index is 691. The van der Waals surface area contributed by atoms with Crippen LogP contribution in [0.25, 0.3) is 6.08 Å². The maximum absolute atomic E-state index is 13.5. The highest BCUT2D eigenvalue weighted by Crippen LogP contribution is 2.19. The molecule has 1 fully saturated rings. The van der Waals surface area contributed by atoms with Gasteiger partial charge in [-0.25, -0.2) is 22.3 Å². The minimum atomic E-state index is -3.52. The number of likely N-dealkylation sites (tertiary alicyclic amines) is 1. The van der Waals surface area contributed by atoms with E-state index < -0.39 is 21.7 Å². The van der Waals surface area contributed by atoms with Crippen molar-refractivity contribution in [2.75, 3.05) is 18.8 Å². The molecule has 8 heteroatoms. The van der Waals surface area contributed by atoms with Crippen molar-refractivity contribution >= 4 is 22.0 Å². The van der Waals surface area contributed by atoms with E-state index in [1.54, 1.807) is 0 Å². The van der Waals surface area contributed by atoms with Crippen LogP contribution < -0.4 is 5.14 Å². The minimum absolute atomic E-state index is 0.0676. The van der Waals surface area contributed by atoms with Crippen LogP contribution in [-0.2, 0) is 14.8 Å². The van der Waals surface area contributed by atoms with E-state index >= 15 is 0 Å². The molecule has 0 unspecified atom stereocenters. The van der Waals surface area contributed by atoms with Crippen molar-refractivity contribution in [2.24, 2.45) is 11.1 Å². The molecule has 1 saturated heterocycles. The molecule has 1 amide bonds. The molecule has 1 heterocycles. The summed E-state index contributed by atoms with van der Waals surface area (Å²) in [6.07, 6.45) is 3.30. The summed E-state index contributed by atoms with van der Waals surface area (Å²) in [6.45, 7) is 0.784. The zero-order chi connectivity index (χ0) is 17.0. The van der Waals surface area contributed by atoms with Crippen LogP contribution in [0.4, 0.5) is 8.78 Å². The summed E-state index contributed by atoms with van der Waals surface area (Å²) < 4.78 is 49.0. The molecular formula is C15H18F2N2O3S. The first-order valence-corrected chi connectivity index (χ1v) is 8.89. The van der Waals surface area contributed by atoms with E-state index in [-0.39, 0.29) is 23.1 Å². The fourth-order valence-electron chi connectivity index (χ4n) is 2.58. The molecule has 1 aromatic carbocycles. The van der Waals surface area contributed by atoms with Crippen molar-refractivity contribution in [3.05, 3.63) is 41.5 Å². The van der Waals surface area contributed by atoms with Crippen molar-refractivity contribution in [2.45, 2.75) is 12.8 Å². The van der Waals surface area contributed by atoms with E-state index in [9.17, 15) is 22.0 Å². The number of primary sulfonamides is 1. The molecular weight excluding hydrogens is 326 g/mol. The van der Waals surface area contributed by atoms with Gasteiger partial charge in [0.15, 0.2) is 0 Å². The number of sulfonamides is 1. The topological polar surface area (TPSA) is 80.5 Å². The van der Waals surface area contributed by atoms with E-state index in [1.807, 2.05) is 0 Å². The number of piperidine rings is 1. The highest BCUT2D eigenvalue weighted by Gasteiger charge is 2.24. The number of benzene rings is 1. The lowest BCUT2D eigenvalue weighted by atomic mass is 9.99. The van der Waals surface area contributed by atoms with Crippen LogP contribution in [0.1, 0.15) is 18.4 Å². The fraction of sp³-hybridized carbons (Fsp3) is 0.400. The number of nitrogens with two attached hydrogens (primary N) is 1. The summed E-state index contributed by atoms with van der Waals surface area (Å²) >= 11 is 0. The van der Waals surface area contributed by atoms with E-state index in [4.69, 9.17) is 5.14 Å². The highest BCUT2D eigenvalue weighted by atomic mass is 32.2. The van der Waals surface area contributed by atoms with Gasteiger partial charge in [0.05, 0.1) is 5.75 Å². The molecule has 23 heavy (non-hydrogen) atoms. The average Bonchev–Trinajstić information content (AvgIpc) is 2.45. The molecule has 0 saturated carbocycles. The molecule has 1 aromatic rings. The fourth-order valence-corrected chi connectivity index (χ4v) is 3.57. The molecule has 1 aliphatic heterocycles. The molecule has 0 bridgehead atoms. The first-order valence-electron chi connectivity index (χ1n) is 7.18. The van der Waals surface area contributed by atoms with Gasteiger partial charge in [-0.15, -0.1) is 0 Å². The Morgan fingerprint density at radius 1 is 1.26 bits per heavy atom. The standard InChI is InChI=1S/C15H18F2N2O3S/c16-13-2-1-3-14(17)12(13)4-5-15(20)19-8-6-11(7-9-19)10-23(18,21)22/h1-5,11H,6-10H2,(H2,18,21,22). The van der Waals surface area contributed by atoms with Crippen molar-refractivity contribution in [3.8, 4) is 0 Å². The summed E-state index contributed by atoms with van der Waals surface area (Å²) in [6, 6.07) is 3.48. The zero-order valence-electron chi connectivity index (χ0n) is 12.4. The van der Waals surface area contributed by atoms with Gasteiger partial charge in [-0.2, -0.15) is 0 Å². The third kappa shape index (κ3) is 5.11. The molecule has 0 aromatic heterocycles. The number of rotatable bonds is 4. The van der Waals surface area contributed by atoms with E-state index in [2.05, 4.69) is 0 Å². The minimum Gasteiger partial charge on any atom is -0.339 e. The normalized spacial score (nSPS) is 16.9. The Morgan fingerprint density at radius 2 is 1.83 bits per heavy atom. The lowest BCUT2D eigenvalue weighted by Gasteiger charge is -2.30. The van der Waals surface area contributed by atoms with Crippen LogP contribution in [0, 0.1) is 17.6 Å². The summed E-state index contributed by atoms with van der Waals surface area (Å²) in [4.78, 5) is 13.6. The van der Waals surface area contributed by atoms with Gasteiger partial charge in [-0.3, -0.25) is 4.79 Å². The number of hydrogen-bond acceptors (Lipinski definition) is 3. The Morgan fingerprint density at radius 3 is 2.35 bits per heavy atom. The number of carbonyl (C=O) groups is 1. The van der Waals surface area contributed by atoms with Crippen LogP contribution in [0.3, 0.4) is 0 Å². The predicted molar refractivity (Wildman–Crippen MR) is 82.7 cm³/mol. The molecule has 5 nitrogen and oxygen atoms in total. The number of hydrogen-bond donors (Lipinski definition) is 1. The number of halogens is 2. The molecule has 2 rings (SSSR count). The SMILES string of the molecule is NS(=O)(=O)CC1CCN(C(=O)C=Cc2c(F)cccc2F)CC1. The van der Waals surface area contributed by atoms with Gasteiger partial charge in [-0.1, -0.05) is 6.07 Å². The second kappa shape index (κ2) is 7.18. The predicted octanol–water partition coefficient (Wildman–Crippen LogP) is 1.51. The van der Waals surface area contributed by atoms with Crippen LogP contribution in [0.5, 0.6) is 0 Å². The largest absolute Gasteiger partial charge is 0.339 e. The average molecular weight is 344 g/mol. The summed E-state index contributed by atoms with van der Waals surface area (Å²) in [5.74, 6) is -1.99. The maximum Gasteiger partial charge on any atom is 0.246 e. The second-order valence-electron chi connectivity index (χ2n) is 5.57. The lowest BCUT2D eigenvalue weighted by Crippen LogP contribution is -2.39. The van der Waals surface area contributed by atoms with Crippen LogP contribution in [-0.4, -0.2) is 38.1 Å². The molecule has 0 spiro atoms. The summed E-state index contributed by atoms with van der Waals surface area (Å²) in [5.41, 5.74) is -0.259. The maximum atomic E-state index is 13.5. The Balaban J connectivity index is 1.94. The van der Waals surface area contributed by atoms with E-state index in [0.29, 0.717) is 25.9 Å². The van der Waals surface area contributed by atoms with Crippen LogP contribution in [0.2, 0.25) is 0 Å². The molecule has 1 aliphatic rings. The third-order valence-corrected chi connectivity index (χ3v) is 4.72. The number of carbonyl (C=O) groups excluding carboxylic acids is 1. The Kier molecular flexibility index (Phi) is 5.48. The van der Waals surface area contributed by atoms with Gasteiger partial charge < -0.3 is 4.90 Å². The van der Waals surface area contributed by atoms with E-state index in [0.717, 1.165) is 24.3 Å². The van der Waals surface area contributed by atoms with Crippen molar-refractivity contribution in [1.82, 2.24) is 4.90 Å². The van der Waals surface area contributed by atoms with Crippen molar-refractivity contribution in [1.29, 1.82) is 0 Å². The van der Waals surface area contributed by atoms with Gasteiger partial charge >= 0.3 is 0 Å². The Labute approximate surface area is 133 Å². The Hall–Kier alpha value is -1.80. The highest BCUT2D eigenvalue weighted by molar-refractivity contribution is 7.89. The number of amides is 1. The van der Waals surface area contributed by atoms with Crippen LogP contribution >= 0.6 is 0 Å². The van der Waals surface area contributed by atoms with Gasteiger partial charge in [0.1, 0.15) is 11.6 Å². The molecule has 0 radical (unpaired) electrons. The van der Waals surface area contributed by atoms with Crippen LogP contribution in [0.15, 0.2) is 24.3 Å². The first kappa shape index (κ1) is 17.6. The second-order valence-corrected chi connectivity index (χ2v) is 7.23. The zero-order valence-corrected chi connectivity index (χ0v) is 13.2. The lowest BCUT2D eigenvalue weighted by molar-refractivity contribution is -0.127. The smallest absolute Gasteiger partial charge is 0.246 e. The molecule has 0 aliphatic carbocycles. The van der Waals surface area contributed by atoms with Gasteiger partial charge in [0.25, 0.3) is 0 Å². The molecule has 0 atom stereocenters. The molecule has 2 N–H and O–H groups in total. The monoisotopic (exact) mass is 344 g/mol. The summed E-state index contributed by atoms with van der Waals surface area (Å²) in [7, 11) is -3.52. The van der Waals surface area contributed by atoms with Gasteiger partial charge in [-0.05, 0) is 37.0 Å². The van der Waals surface area contributed by atoms with E-state index in [1.165, 1.54) is 11.0 Å². The third-order valence-electron chi connectivity index (χ3n) is 3.79. The van der Waals surface area contributed by atoms with Gasteiger partial charge in [0, 0.05) is 24.7 Å². The molecule has 126 valence electrons. The quantitative estimate of drug-likeness (QED) is 0.841. The summed E-state index contributed by atoms with van der Waals surface area (Å²) in [5, 5.41) is 5.01. The first-order chi connectivity index (χ1) is 10.8. The number of nitrogens with zero attached hydrogens (tertiary/aromatic N) is 1.